The molecule has 2 rings (SSSR count). The van der Waals surface area contributed by atoms with Gasteiger partial charge < -0.3 is 16.7 Å². The summed E-state index contributed by atoms with van der Waals surface area (Å²) in [5, 5.41) is 11.5. The number of hydrogen-bond donors (Lipinski definition) is 3. The van der Waals surface area contributed by atoms with E-state index in [9.17, 15) is 17.6 Å². The number of amides is 1. The smallest absolute Gasteiger partial charge is 0.283 e. The maximum atomic E-state index is 13.8. The van der Waals surface area contributed by atoms with E-state index in [0.717, 1.165) is 12.1 Å². The average Bonchev–Trinajstić information content (AvgIpc) is 2.58. The Morgan fingerprint density at radius 3 is 2.55 bits per heavy atom. The lowest BCUT2D eigenvalue weighted by Gasteiger charge is -2.03. The van der Waals surface area contributed by atoms with E-state index in [2.05, 4.69) is 10.1 Å². The predicted molar refractivity (Wildman–Crippen MR) is 66.9 cm³/mol. The van der Waals surface area contributed by atoms with Crippen LogP contribution in [-0.2, 0) is 9.84 Å². The van der Waals surface area contributed by atoms with Gasteiger partial charge in [0.1, 0.15) is 17.3 Å². The number of fused-ring (bicyclic) bond motifs is 1. The van der Waals surface area contributed by atoms with Gasteiger partial charge in [-0.15, -0.1) is 0 Å². The van der Waals surface area contributed by atoms with Crippen LogP contribution in [-0.4, -0.2) is 37.0 Å². The third-order valence-corrected chi connectivity index (χ3v) is 4.29. The molecule has 5 N–H and O–H groups in total. The number of guanidine groups is 1. The Morgan fingerprint density at radius 2 is 2.00 bits per heavy atom. The lowest BCUT2D eigenvalue weighted by molar-refractivity contribution is 0.0998. The first-order valence-corrected chi connectivity index (χ1v) is 6.83. The summed E-state index contributed by atoms with van der Waals surface area (Å²) in [6.07, 6.45) is 0. The van der Waals surface area contributed by atoms with Gasteiger partial charge in [0.2, 0.25) is 0 Å². The minimum Gasteiger partial charge on any atom is -0.411 e. The second-order valence-corrected chi connectivity index (χ2v) is 5.93. The molecule has 1 heterocycles. The van der Waals surface area contributed by atoms with Gasteiger partial charge >= 0.3 is 0 Å². The molecule has 0 atom stereocenters. The van der Waals surface area contributed by atoms with Gasteiger partial charge in [0.25, 0.3) is 5.91 Å². The monoisotopic (exact) mass is 300 g/mol. The highest BCUT2D eigenvalue weighted by Crippen LogP contribution is 2.29. The number of nitrogens with zero attached hydrogens (tertiary/aromatic N) is 2. The SMILES string of the molecule is NC(N)=NC(=O)c1cc2c(cc1F)/C(=N/O)CS2(=O)=O. The fraction of sp³-hybridized carbons (Fsp3) is 0.100. The Kier molecular flexibility index (Phi) is 3.18. The molecule has 8 nitrogen and oxygen atoms in total. The fourth-order valence-electron chi connectivity index (χ4n) is 1.80. The van der Waals surface area contributed by atoms with Crippen molar-refractivity contribution in [2.45, 2.75) is 4.90 Å². The molecule has 20 heavy (non-hydrogen) atoms. The lowest BCUT2D eigenvalue weighted by Crippen LogP contribution is -2.24. The summed E-state index contributed by atoms with van der Waals surface area (Å²) >= 11 is 0. The molecule has 0 saturated carbocycles. The molecule has 1 aliphatic rings. The van der Waals surface area contributed by atoms with Crippen LogP contribution in [0, 0.1) is 5.82 Å². The lowest BCUT2D eigenvalue weighted by atomic mass is 10.1. The Hall–Kier alpha value is -2.49. The molecule has 0 radical (unpaired) electrons. The quantitative estimate of drug-likeness (QED) is 0.203. The van der Waals surface area contributed by atoms with Crippen LogP contribution in [0.3, 0.4) is 0 Å². The van der Waals surface area contributed by atoms with Crippen molar-refractivity contribution in [3.8, 4) is 0 Å². The van der Waals surface area contributed by atoms with Crippen molar-refractivity contribution < 1.29 is 22.8 Å². The Balaban J connectivity index is 2.68. The number of nitrogens with two attached hydrogens (primary N) is 2. The number of halogens is 1. The number of carbonyl (C=O) groups is 1. The molecule has 1 aromatic carbocycles. The topological polar surface area (TPSA) is 148 Å². The van der Waals surface area contributed by atoms with Crippen molar-refractivity contribution in [2.75, 3.05) is 5.75 Å². The second-order valence-electron chi connectivity index (χ2n) is 3.98. The maximum absolute atomic E-state index is 13.8. The molecule has 0 unspecified atom stereocenters. The first-order chi connectivity index (χ1) is 9.26. The van der Waals surface area contributed by atoms with E-state index >= 15 is 0 Å². The highest BCUT2D eigenvalue weighted by Gasteiger charge is 2.34. The van der Waals surface area contributed by atoms with Crippen molar-refractivity contribution in [3.63, 3.8) is 0 Å². The molecule has 0 saturated heterocycles. The minimum atomic E-state index is -3.79. The molecule has 1 aliphatic heterocycles. The summed E-state index contributed by atoms with van der Waals surface area (Å²) in [5.74, 6) is -3.26. The summed E-state index contributed by atoms with van der Waals surface area (Å²) in [7, 11) is -3.79. The average molecular weight is 300 g/mol. The zero-order valence-electron chi connectivity index (χ0n) is 9.87. The molecule has 0 aliphatic carbocycles. The number of oxime groups is 1. The summed E-state index contributed by atoms with van der Waals surface area (Å²) in [6, 6.07) is 1.62. The first kappa shape index (κ1) is 13.9. The van der Waals surface area contributed by atoms with Crippen molar-refractivity contribution in [2.24, 2.45) is 21.6 Å². The molecule has 1 amide bonds. The normalized spacial score (nSPS) is 17.8. The number of rotatable bonds is 1. The van der Waals surface area contributed by atoms with Crippen LogP contribution in [0.2, 0.25) is 0 Å². The highest BCUT2D eigenvalue weighted by molar-refractivity contribution is 7.92. The number of sulfone groups is 1. The zero-order chi connectivity index (χ0) is 15.1. The Bertz CT molecular complexity index is 766. The van der Waals surface area contributed by atoms with Gasteiger partial charge in [-0.1, -0.05) is 5.16 Å². The van der Waals surface area contributed by atoms with Crippen LogP contribution in [0.15, 0.2) is 27.2 Å². The molecule has 0 bridgehead atoms. The predicted octanol–water partition coefficient (Wildman–Crippen LogP) is -0.795. The third-order valence-electron chi connectivity index (χ3n) is 2.62. The van der Waals surface area contributed by atoms with Crippen molar-refractivity contribution in [3.05, 3.63) is 29.1 Å². The van der Waals surface area contributed by atoms with Crippen molar-refractivity contribution >= 4 is 27.4 Å². The number of carbonyl (C=O) groups excluding carboxylic acids is 1. The van der Waals surface area contributed by atoms with E-state index in [0.29, 0.717) is 0 Å². The van der Waals surface area contributed by atoms with E-state index < -0.39 is 38.8 Å². The van der Waals surface area contributed by atoms with Crippen molar-refractivity contribution in [1.29, 1.82) is 0 Å². The summed E-state index contributed by atoms with van der Waals surface area (Å²) < 4.78 is 37.4. The largest absolute Gasteiger partial charge is 0.411 e. The van der Waals surface area contributed by atoms with E-state index in [1.807, 2.05) is 0 Å². The minimum absolute atomic E-state index is 0.0914. The Morgan fingerprint density at radius 1 is 1.35 bits per heavy atom. The Labute approximate surface area is 112 Å². The highest BCUT2D eigenvalue weighted by atomic mass is 32.2. The van der Waals surface area contributed by atoms with Gasteiger partial charge in [-0.05, 0) is 12.1 Å². The van der Waals surface area contributed by atoms with Crippen LogP contribution in [0.1, 0.15) is 15.9 Å². The molecule has 0 aromatic heterocycles. The van der Waals surface area contributed by atoms with Gasteiger partial charge in [0, 0.05) is 5.56 Å². The second kappa shape index (κ2) is 4.56. The van der Waals surface area contributed by atoms with E-state index in [4.69, 9.17) is 16.7 Å². The van der Waals surface area contributed by atoms with Gasteiger partial charge in [-0.2, -0.15) is 4.99 Å². The summed E-state index contributed by atoms with van der Waals surface area (Å²) in [6.45, 7) is 0. The molecule has 0 spiro atoms. The first-order valence-electron chi connectivity index (χ1n) is 5.18. The van der Waals surface area contributed by atoms with Crippen LogP contribution in [0.4, 0.5) is 4.39 Å². The number of aliphatic imine (C=N–C) groups is 1. The van der Waals surface area contributed by atoms with Gasteiger partial charge in [-0.3, -0.25) is 4.79 Å². The van der Waals surface area contributed by atoms with Crippen LogP contribution >= 0.6 is 0 Å². The zero-order valence-corrected chi connectivity index (χ0v) is 10.7. The number of hydrogen-bond acceptors (Lipinski definition) is 5. The fourth-order valence-corrected chi connectivity index (χ4v) is 3.33. The number of benzene rings is 1. The standard InChI is InChI=1S/C10H9FN4O4S/c11-6-1-5-7(15-17)3-20(18,19)8(5)2-4(6)9(16)14-10(12)13/h1-2,17H,3H2,(H4,12,13,14,16)/b15-7+. The van der Waals surface area contributed by atoms with Gasteiger partial charge in [0.15, 0.2) is 15.8 Å². The third kappa shape index (κ3) is 2.20. The molecular formula is C10H9FN4O4S. The molecule has 106 valence electrons. The van der Waals surface area contributed by atoms with E-state index in [1.54, 1.807) is 0 Å². The van der Waals surface area contributed by atoms with E-state index in [1.165, 1.54) is 0 Å². The van der Waals surface area contributed by atoms with Crippen LogP contribution < -0.4 is 11.5 Å². The van der Waals surface area contributed by atoms with Crippen LogP contribution in [0.25, 0.3) is 0 Å². The van der Waals surface area contributed by atoms with Gasteiger partial charge in [-0.25, -0.2) is 12.8 Å². The molecular weight excluding hydrogens is 291 g/mol. The summed E-state index contributed by atoms with van der Waals surface area (Å²) in [4.78, 5) is 14.4. The maximum Gasteiger partial charge on any atom is 0.283 e. The summed E-state index contributed by atoms with van der Waals surface area (Å²) in [5.41, 5.74) is 9.14. The van der Waals surface area contributed by atoms with E-state index in [-0.39, 0.29) is 16.2 Å². The molecule has 1 aromatic rings. The van der Waals surface area contributed by atoms with Gasteiger partial charge in [0.05, 0.1) is 10.5 Å². The molecule has 0 fully saturated rings. The van der Waals surface area contributed by atoms with Crippen LogP contribution in [0.5, 0.6) is 0 Å². The van der Waals surface area contributed by atoms with Crippen molar-refractivity contribution in [1.82, 2.24) is 0 Å². The molecule has 10 heteroatoms.